The standard InChI is InChI=1S/C27H21N3O4S/c1-28-21-15-9-8-14-20(21)23(25(28)32)24-26(33)30(27(34)35-24)17-29(19-12-6-3-7-13-19)22(31)16-18-10-4-2-5-11-18/h2-15H,16-17H2,1H3. The summed E-state index contributed by atoms with van der Waals surface area (Å²) in [6.45, 7) is -0.247. The van der Waals surface area contributed by atoms with Gasteiger partial charge in [0.15, 0.2) is 0 Å². The molecule has 4 amide bonds. The lowest BCUT2D eigenvalue weighted by Gasteiger charge is -2.26. The van der Waals surface area contributed by atoms with E-state index >= 15 is 0 Å². The second-order valence-corrected chi connectivity index (χ2v) is 9.11. The van der Waals surface area contributed by atoms with E-state index in [1.54, 1.807) is 49.5 Å². The first-order valence-electron chi connectivity index (χ1n) is 11.0. The zero-order chi connectivity index (χ0) is 24.5. The molecule has 0 saturated carbocycles. The number of thioether (sulfide) groups is 1. The van der Waals surface area contributed by atoms with E-state index in [9.17, 15) is 19.2 Å². The van der Waals surface area contributed by atoms with Crippen molar-refractivity contribution in [3.8, 4) is 0 Å². The minimum absolute atomic E-state index is 0.0836. The molecule has 1 fully saturated rings. The monoisotopic (exact) mass is 483 g/mol. The van der Waals surface area contributed by atoms with Gasteiger partial charge in [0.2, 0.25) is 5.91 Å². The van der Waals surface area contributed by atoms with Crippen LogP contribution in [0.25, 0.3) is 5.57 Å². The topological polar surface area (TPSA) is 78.0 Å². The van der Waals surface area contributed by atoms with Gasteiger partial charge in [0, 0.05) is 18.3 Å². The van der Waals surface area contributed by atoms with Gasteiger partial charge in [-0.15, -0.1) is 0 Å². The summed E-state index contributed by atoms with van der Waals surface area (Å²) in [6.07, 6.45) is 0.115. The maximum Gasteiger partial charge on any atom is 0.295 e. The maximum atomic E-state index is 13.4. The molecular weight excluding hydrogens is 462 g/mol. The number of anilines is 2. The molecule has 7 nitrogen and oxygen atoms in total. The zero-order valence-corrected chi connectivity index (χ0v) is 19.7. The van der Waals surface area contributed by atoms with Crippen LogP contribution in [0.15, 0.2) is 89.8 Å². The number of imide groups is 1. The number of carbonyl (C=O) groups excluding carboxylic acids is 4. The SMILES string of the molecule is CN1C(=O)C(=C2SC(=O)N(CN(C(=O)Cc3ccccc3)c3ccccc3)C2=O)c2ccccc21. The van der Waals surface area contributed by atoms with Crippen LogP contribution >= 0.6 is 11.8 Å². The largest absolute Gasteiger partial charge is 0.311 e. The molecule has 0 unspecified atom stereocenters. The molecule has 2 aliphatic rings. The van der Waals surface area contributed by atoms with E-state index in [0.29, 0.717) is 16.9 Å². The first-order valence-corrected chi connectivity index (χ1v) is 11.8. The smallest absolute Gasteiger partial charge is 0.295 e. The number of hydrogen-bond donors (Lipinski definition) is 0. The van der Waals surface area contributed by atoms with Gasteiger partial charge in [-0.05, 0) is 35.5 Å². The second-order valence-electron chi connectivity index (χ2n) is 8.15. The van der Waals surface area contributed by atoms with Gasteiger partial charge >= 0.3 is 0 Å². The van der Waals surface area contributed by atoms with Crippen LogP contribution in [-0.2, 0) is 20.8 Å². The summed E-state index contributed by atoms with van der Waals surface area (Å²) in [5.41, 5.74) is 2.91. The van der Waals surface area contributed by atoms with E-state index in [4.69, 9.17) is 0 Å². The maximum absolute atomic E-state index is 13.4. The fourth-order valence-corrected chi connectivity index (χ4v) is 5.10. The van der Waals surface area contributed by atoms with E-state index in [-0.39, 0.29) is 35.4 Å². The third-order valence-electron chi connectivity index (χ3n) is 5.98. The third kappa shape index (κ3) is 4.13. The van der Waals surface area contributed by atoms with Gasteiger partial charge in [-0.1, -0.05) is 66.7 Å². The van der Waals surface area contributed by atoms with Crippen LogP contribution in [0.3, 0.4) is 0 Å². The molecule has 8 heteroatoms. The summed E-state index contributed by atoms with van der Waals surface area (Å²) in [6, 6.07) is 25.4. The van der Waals surface area contributed by atoms with Crippen molar-refractivity contribution in [3.05, 3.63) is 101 Å². The van der Waals surface area contributed by atoms with Crippen molar-refractivity contribution in [2.75, 3.05) is 23.5 Å². The number of carbonyl (C=O) groups is 4. The molecule has 0 aliphatic carbocycles. The molecule has 5 rings (SSSR count). The van der Waals surface area contributed by atoms with Crippen LogP contribution in [0.1, 0.15) is 11.1 Å². The minimum atomic E-state index is -0.582. The Kier molecular flexibility index (Phi) is 5.96. The number of hydrogen-bond acceptors (Lipinski definition) is 5. The molecule has 1 saturated heterocycles. The number of nitrogens with zero attached hydrogens (tertiary/aromatic N) is 3. The molecule has 0 spiro atoms. The average molecular weight is 484 g/mol. The highest BCUT2D eigenvalue weighted by Crippen LogP contribution is 2.44. The first kappa shape index (κ1) is 22.6. The Balaban J connectivity index is 1.47. The molecule has 2 aliphatic heterocycles. The van der Waals surface area contributed by atoms with Crippen molar-refractivity contribution in [2.24, 2.45) is 0 Å². The molecule has 0 aromatic heterocycles. The number of para-hydroxylation sites is 2. The van der Waals surface area contributed by atoms with Crippen LogP contribution in [0.2, 0.25) is 0 Å². The molecular formula is C27H21N3O4S. The van der Waals surface area contributed by atoms with Gasteiger partial charge in [-0.25, -0.2) is 4.90 Å². The summed E-state index contributed by atoms with van der Waals surface area (Å²) in [4.78, 5) is 56.7. The van der Waals surface area contributed by atoms with Crippen LogP contribution < -0.4 is 9.80 Å². The number of rotatable bonds is 5. The third-order valence-corrected chi connectivity index (χ3v) is 6.96. The van der Waals surface area contributed by atoms with E-state index < -0.39 is 11.1 Å². The van der Waals surface area contributed by atoms with Crippen molar-refractivity contribution in [1.82, 2.24) is 4.90 Å². The van der Waals surface area contributed by atoms with Crippen molar-refractivity contribution in [1.29, 1.82) is 0 Å². The Morgan fingerprint density at radius 2 is 1.46 bits per heavy atom. The lowest BCUT2D eigenvalue weighted by Crippen LogP contribution is -2.44. The van der Waals surface area contributed by atoms with Crippen molar-refractivity contribution < 1.29 is 19.2 Å². The Bertz CT molecular complexity index is 1370. The Labute approximate surface area is 206 Å². The number of benzene rings is 3. The molecule has 3 aromatic rings. The molecule has 174 valence electrons. The average Bonchev–Trinajstić information content (AvgIpc) is 3.29. The van der Waals surface area contributed by atoms with E-state index in [2.05, 4.69) is 0 Å². The summed E-state index contributed by atoms with van der Waals surface area (Å²) in [5, 5.41) is -0.522. The number of likely N-dealkylation sites (N-methyl/N-ethyl adjacent to an activating group) is 1. The van der Waals surface area contributed by atoms with Crippen molar-refractivity contribution >= 4 is 51.7 Å². The van der Waals surface area contributed by atoms with Gasteiger partial charge in [0.1, 0.15) is 6.67 Å². The molecule has 3 aromatic carbocycles. The summed E-state index contributed by atoms with van der Waals surface area (Å²) < 4.78 is 0. The molecule has 0 N–H and O–H groups in total. The first-order chi connectivity index (χ1) is 17.0. The highest BCUT2D eigenvalue weighted by Gasteiger charge is 2.43. The molecule has 0 radical (unpaired) electrons. The number of amides is 4. The molecule has 0 atom stereocenters. The van der Waals surface area contributed by atoms with E-state index in [1.165, 1.54) is 9.80 Å². The molecule has 35 heavy (non-hydrogen) atoms. The quantitative estimate of drug-likeness (QED) is 0.506. The molecule has 0 bridgehead atoms. The van der Waals surface area contributed by atoms with Gasteiger partial charge < -0.3 is 4.90 Å². The van der Waals surface area contributed by atoms with Crippen LogP contribution in [0.5, 0.6) is 0 Å². The predicted octanol–water partition coefficient (Wildman–Crippen LogP) is 4.30. The van der Waals surface area contributed by atoms with E-state index in [0.717, 1.165) is 22.2 Å². The van der Waals surface area contributed by atoms with Gasteiger partial charge in [0.05, 0.1) is 22.6 Å². The highest BCUT2D eigenvalue weighted by atomic mass is 32.2. The summed E-state index contributed by atoms with van der Waals surface area (Å²) >= 11 is 0.733. The van der Waals surface area contributed by atoms with E-state index in [1.807, 2.05) is 42.5 Å². The minimum Gasteiger partial charge on any atom is -0.311 e. The Hall–Kier alpha value is -4.17. The van der Waals surface area contributed by atoms with Gasteiger partial charge in [-0.2, -0.15) is 0 Å². The number of fused-ring (bicyclic) bond motifs is 1. The van der Waals surface area contributed by atoms with Crippen molar-refractivity contribution in [3.63, 3.8) is 0 Å². The highest BCUT2D eigenvalue weighted by molar-refractivity contribution is 8.18. The summed E-state index contributed by atoms with van der Waals surface area (Å²) in [7, 11) is 1.64. The van der Waals surface area contributed by atoms with Crippen LogP contribution in [-0.4, -0.2) is 41.6 Å². The lowest BCUT2D eigenvalue weighted by molar-refractivity contribution is -0.124. The van der Waals surface area contributed by atoms with Gasteiger partial charge in [0.25, 0.3) is 17.1 Å². The predicted molar refractivity (Wildman–Crippen MR) is 136 cm³/mol. The van der Waals surface area contributed by atoms with Crippen LogP contribution in [0.4, 0.5) is 16.2 Å². The normalized spacial score (nSPS) is 17.2. The fourth-order valence-electron chi connectivity index (χ4n) is 4.18. The Morgan fingerprint density at radius 3 is 2.17 bits per heavy atom. The lowest BCUT2D eigenvalue weighted by atomic mass is 10.1. The van der Waals surface area contributed by atoms with Gasteiger partial charge in [-0.3, -0.25) is 24.1 Å². The Morgan fingerprint density at radius 1 is 0.829 bits per heavy atom. The fraction of sp³-hybridized carbons (Fsp3) is 0.111. The zero-order valence-electron chi connectivity index (χ0n) is 18.9. The summed E-state index contributed by atoms with van der Waals surface area (Å²) in [5.74, 6) is -1.17. The van der Waals surface area contributed by atoms with Crippen molar-refractivity contribution in [2.45, 2.75) is 6.42 Å². The second kappa shape index (κ2) is 9.23. The molecule has 2 heterocycles. The van der Waals surface area contributed by atoms with Crippen LogP contribution in [0, 0.1) is 0 Å².